The minimum Gasteiger partial charge on any atom is -0.322 e. The maximum atomic E-state index is 13.0. The number of aromatic nitrogens is 5. The fraction of sp³-hybridized carbons (Fsp3) is 0.600. The number of H-pyrrole nitrogens is 1. The molecule has 0 spiro atoms. The number of benzene rings is 1. The Morgan fingerprint density at radius 3 is 2.66 bits per heavy atom. The van der Waals surface area contributed by atoms with Gasteiger partial charge in [-0.15, -0.1) is 5.10 Å². The lowest BCUT2D eigenvalue weighted by Crippen LogP contribution is -2.40. The first-order valence-electron chi connectivity index (χ1n) is 12.0. The van der Waals surface area contributed by atoms with Gasteiger partial charge in [-0.05, 0) is 80.0 Å². The van der Waals surface area contributed by atoms with Gasteiger partial charge in [0, 0.05) is 23.7 Å². The molecule has 1 aromatic carbocycles. The van der Waals surface area contributed by atoms with Gasteiger partial charge >= 0.3 is 0 Å². The number of aromatic amines is 1. The number of aryl methyl sites for hydroxylation is 1. The van der Waals surface area contributed by atoms with Crippen molar-refractivity contribution in [2.24, 2.45) is 0 Å². The summed E-state index contributed by atoms with van der Waals surface area (Å²) in [7, 11) is 0. The van der Waals surface area contributed by atoms with Crippen molar-refractivity contribution >= 4 is 10.9 Å². The minimum absolute atomic E-state index is 0.00516. The van der Waals surface area contributed by atoms with E-state index in [1.165, 1.54) is 12.8 Å². The van der Waals surface area contributed by atoms with E-state index in [0.717, 1.165) is 53.5 Å². The molecule has 0 radical (unpaired) electrons. The van der Waals surface area contributed by atoms with E-state index in [0.29, 0.717) is 12.6 Å². The van der Waals surface area contributed by atoms with Crippen LogP contribution in [0.2, 0.25) is 0 Å². The number of hydrogen-bond donors (Lipinski definition) is 1. The monoisotopic (exact) mass is 436 g/mol. The Hall–Kier alpha value is -2.54. The summed E-state index contributed by atoms with van der Waals surface area (Å²) >= 11 is 0. The average molecular weight is 437 g/mol. The lowest BCUT2D eigenvalue weighted by Gasteiger charge is -2.36. The molecule has 1 atom stereocenters. The number of tetrazole rings is 1. The molecule has 0 saturated heterocycles. The average Bonchev–Trinajstić information content (AvgIpc) is 3.47. The van der Waals surface area contributed by atoms with Crippen molar-refractivity contribution in [2.45, 2.75) is 97.3 Å². The Kier molecular flexibility index (Phi) is 6.47. The Morgan fingerprint density at radius 1 is 1.22 bits per heavy atom. The maximum absolute atomic E-state index is 13.0. The van der Waals surface area contributed by atoms with Crippen LogP contribution >= 0.6 is 0 Å². The fourth-order valence-corrected chi connectivity index (χ4v) is 4.95. The van der Waals surface area contributed by atoms with E-state index < -0.39 is 0 Å². The summed E-state index contributed by atoms with van der Waals surface area (Å²) in [5.74, 6) is 0.902. The van der Waals surface area contributed by atoms with Crippen LogP contribution in [0.5, 0.6) is 0 Å². The van der Waals surface area contributed by atoms with Gasteiger partial charge in [0.25, 0.3) is 5.56 Å². The quantitative estimate of drug-likeness (QED) is 0.545. The van der Waals surface area contributed by atoms with Gasteiger partial charge in [0.2, 0.25) is 0 Å². The molecule has 0 aliphatic heterocycles. The molecule has 2 aromatic heterocycles. The topological polar surface area (TPSA) is 79.7 Å². The Labute approximate surface area is 190 Å². The van der Waals surface area contributed by atoms with Crippen LogP contribution in [-0.4, -0.2) is 36.1 Å². The predicted molar refractivity (Wildman–Crippen MR) is 128 cm³/mol. The van der Waals surface area contributed by atoms with E-state index in [4.69, 9.17) is 0 Å². The van der Waals surface area contributed by atoms with Crippen molar-refractivity contribution in [2.75, 3.05) is 0 Å². The molecule has 172 valence electrons. The third kappa shape index (κ3) is 4.35. The Morgan fingerprint density at radius 2 is 1.97 bits per heavy atom. The largest absolute Gasteiger partial charge is 0.322 e. The van der Waals surface area contributed by atoms with Gasteiger partial charge < -0.3 is 4.98 Å². The van der Waals surface area contributed by atoms with E-state index in [2.05, 4.69) is 71.3 Å². The molecular weight excluding hydrogens is 400 g/mol. The van der Waals surface area contributed by atoms with Gasteiger partial charge in [-0.25, -0.2) is 4.68 Å². The highest BCUT2D eigenvalue weighted by Crippen LogP contribution is 2.35. The fourth-order valence-electron chi connectivity index (χ4n) is 4.95. The molecule has 2 heterocycles. The molecule has 7 heteroatoms. The van der Waals surface area contributed by atoms with Crippen molar-refractivity contribution in [3.63, 3.8) is 0 Å². The normalized spacial score (nSPS) is 16.3. The van der Waals surface area contributed by atoms with E-state index in [1.54, 1.807) is 0 Å². The second kappa shape index (κ2) is 9.14. The molecule has 1 aliphatic rings. The Bertz CT molecular complexity index is 1120. The highest BCUT2D eigenvalue weighted by molar-refractivity contribution is 5.79. The SMILES string of the molecule is CC[C@H](c1nnnn1C(C)(C)CC)N(Cc1cc2ccc(C)cc2[nH]c1=O)C1CCCC1. The number of fused-ring (bicyclic) bond motifs is 1. The standard InChI is InChI=1S/C25H36N6O/c1-6-22(23-27-28-29-31(23)25(4,5)7-2)30(20-10-8-9-11-20)16-19-15-18-13-12-17(3)14-21(18)26-24(19)32/h12-15,20,22H,6-11,16H2,1-5H3,(H,26,32)/t22-/m1/s1. The van der Waals surface area contributed by atoms with Gasteiger partial charge in [0.15, 0.2) is 5.82 Å². The van der Waals surface area contributed by atoms with Crippen LogP contribution < -0.4 is 5.56 Å². The van der Waals surface area contributed by atoms with Crippen molar-refractivity contribution in [3.05, 3.63) is 51.6 Å². The zero-order valence-electron chi connectivity index (χ0n) is 20.1. The number of nitrogens with one attached hydrogen (secondary N) is 1. The molecule has 0 unspecified atom stereocenters. The van der Waals surface area contributed by atoms with E-state index in [1.807, 2.05) is 17.7 Å². The number of nitrogens with zero attached hydrogens (tertiary/aromatic N) is 5. The summed E-state index contributed by atoms with van der Waals surface area (Å²) in [6, 6.07) is 8.77. The van der Waals surface area contributed by atoms with E-state index >= 15 is 0 Å². The molecule has 1 saturated carbocycles. The first-order chi connectivity index (χ1) is 15.3. The molecule has 1 fully saturated rings. The predicted octanol–water partition coefficient (Wildman–Crippen LogP) is 4.86. The van der Waals surface area contributed by atoms with Crippen LogP contribution in [0.3, 0.4) is 0 Å². The van der Waals surface area contributed by atoms with Crippen LogP contribution in [0.15, 0.2) is 29.1 Å². The summed E-state index contributed by atoms with van der Waals surface area (Å²) < 4.78 is 2.00. The summed E-state index contributed by atoms with van der Waals surface area (Å²) in [6.07, 6.45) is 6.60. The lowest BCUT2D eigenvalue weighted by molar-refractivity contribution is 0.106. The van der Waals surface area contributed by atoms with Gasteiger partial charge in [-0.3, -0.25) is 9.69 Å². The first-order valence-corrected chi connectivity index (χ1v) is 12.0. The van der Waals surface area contributed by atoms with Crippen LogP contribution in [0.25, 0.3) is 10.9 Å². The third-order valence-corrected chi connectivity index (χ3v) is 7.24. The zero-order chi connectivity index (χ0) is 22.9. The Balaban J connectivity index is 1.75. The third-order valence-electron chi connectivity index (χ3n) is 7.24. The molecule has 0 amide bonds. The molecule has 3 aromatic rings. The van der Waals surface area contributed by atoms with Crippen molar-refractivity contribution in [3.8, 4) is 0 Å². The summed E-state index contributed by atoms with van der Waals surface area (Å²) in [5, 5.41) is 14.0. The van der Waals surface area contributed by atoms with Crippen LogP contribution in [0.1, 0.15) is 89.2 Å². The van der Waals surface area contributed by atoms with Crippen LogP contribution in [0, 0.1) is 6.92 Å². The minimum atomic E-state index is -0.161. The molecular formula is C25H36N6O. The number of pyridine rings is 1. The molecule has 1 N–H and O–H groups in total. The summed E-state index contributed by atoms with van der Waals surface area (Å²) in [5.41, 5.74) is 2.68. The van der Waals surface area contributed by atoms with Crippen molar-refractivity contribution < 1.29 is 0 Å². The maximum Gasteiger partial charge on any atom is 0.252 e. The van der Waals surface area contributed by atoms with Gasteiger partial charge in [-0.2, -0.15) is 0 Å². The van der Waals surface area contributed by atoms with Crippen molar-refractivity contribution in [1.82, 2.24) is 30.1 Å². The van der Waals surface area contributed by atoms with Crippen LogP contribution in [-0.2, 0) is 12.1 Å². The second-order valence-corrected chi connectivity index (χ2v) is 9.86. The first kappa shape index (κ1) is 22.6. The zero-order valence-corrected chi connectivity index (χ0v) is 20.1. The lowest BCUT2D eigenvalue weighted by atomic mass is 10.00. The molecule has 1 aliphatic carbocycles. The molecule has 32 heavy (non-hydrogen) atoms. The molecule has 7 nitrogen and oxygen atoms in total. The number of hydrogen-bond acceptors (Lipinski definition) is 5. The number of rotatable bonds is 8. The summed E-state index contributed by atoms with van der Waals surface area (Å²) in [6.45, 7) is 11.4. The molecule has 4 rings (SSSR count). The van der Waals surface area contributed by atoms with Gasteiger partial charge in [-0.1, -0.05) is 38.8 Å². The highest BCUT2D eigenvalue weighted by Gasteiger charge is 2.35. The van der Waals surface area contributed by atoms with Gasteiger partial charge in [0.1, 0.15) is 0 Å². The highest BCUT2D eigenvalue weighted by atomic mass is 16.1. The summed E-state index contributed by atoms with van der Waals surface area (Å²) in [4.78, 5) is 18.6. The van der Waals surface area contributed by atoms with Crippen LogP contribution in [0.4, 0.5) is 0 Å². The van der Waals surface area contributed by atoms with E-state index in [9.17, 15) is 4.79 Å². The van der Waals surface area contributed by atoms with E-state index in [-0.39, 0.29) is 17.1 Å². The van der Waals surface area contributed by atoms with Crippen molar-refractivity contribution in [1.29, 1.82) is 0 Å². The second-order valence-electron chi connectivity index (χ2n) is 9.86. The molecule has 0 bridgehead atoms. The smallest absolute Gasteiger partial charge is 0.252 e. The van der Waals surface area contributed by atoms with Gasteiger partial charge in [0.05, 0.1) is 11.6 Å².